The van der Waals surface area contributed by atoms with Crippen molar-refractivity contribution in [2.75, 3.05) is 12.8 Å². The van der Waals surface area contributed by atoms with Gasteiger partial charge in [0.2, 0.25) is 5.91 Å². The molecular formula is C8H10N6O. The predicted molar refractivity (Wildman–Crippen MR) is 53.8 cm³/mol. The second-order valence-electron chi connectivity index (χ2n) is 2.98. The summed E-state index contributed by atoms with van der Waals surface area (Å²) in [5.41, 5.74) is 6.68. The lowest BCUT2D eigenvalue weighted by atomic mass is 10.5. The lowest BCUT2D eigenvalue weighted by Gasteiger charge is -2.01. The monoisotopic (exact) mass is 206 g/mol. The Labute approximate surface area is 85.3 Å². The van der Waals surface area contributed by atoms with Gasteiger partial charge in [-0.2, -0.15) is 0 Å². The molecule has 0 aromatic carbocycles. The molecule has 7 nitrogen and oxygen atoms in total. The van der Waals surface area contributed by atoms with Gasteiger partial charge in [-0.3, -0.25) is 4.79 Å². The highest BCUT2D eigenvalue weighted by Gasteiger charge is 2.09. The Bertz CT molecular complexity index is 505. The molecule has 0 aliphatic rings. The van der Waals surface area contributed by atoms with E-state index in [-0.39, 0.29) is 12.5 Å². The number of anilines is 1. The number of nitrogens with one attached hydrogen (secondary N) is 1. The number of imidazole rings is 1. The molecule has 2 aromatic rings. The number of rotatable bonds is 2. The van der Waals surface area contributed by atoms with Crippen molar-refractivity contribution in [2.24, 2.45) is 0 Å². The Morgan fingerprint density at radius 2 is 2.33 bits per heavy atom. The van der Waals surface area contributed by atoms with E-state index in [0.29, 0.717) is 17.0 Å². The van der Waals surface area contributed by atoms with E-state index in [1.54, 1.807) is 11.6 Å². The minimum absolute atomic E-state index is 0.119. The van der Waals surface area contributed by atoms with E-state index < -0.39 is 0 Å². The lowest BCUT2D eigenvalue weighted by molar-refractivity contribution is -0.121. The summed E-state index contributed by atoms with van der Waals surface area (Å²) in [6, 6.07) is 0. The van der Waals surface area contributed by atoms with Gasteiger partial charge >= 0.3 is 0 Å². The Morgan fingerprint density at radius 3 is 3.07 bits per heavy atom. The SMILES string of the molecule is CNC(=O)Cn1cnc2c(N)ncnc21. The molecule has 0 radical (unpaired) electrons. The molecule has 0 aliphatic carbocycles. The molecular weight excluding hydrogens is 196 g/mol. The fourth-order valence-electron chi connectivity index (χ4n) is 1.25. The minimum atomic E-state index is -0.119. The first kappa shape index (κ1) is 9.38. The van der Waals surface area contributed by atoms with Crippen LogP contribution in [0, 0.1) is 0 Å². The predicted octanol–water partition coefficient (Wildman–Crippen LogP) is -0.846. The molecule has 0 unspecified atom stereocenters. The third-order valence-electron chi connectivity index (χ3n) is 2.02. The van der Waals surface area contributed by atoms with Gasteiger partial charge in [0.15, 0.2) is 11.5 Å². The molecule has 15 heavy (non-hydrogen) atoms. The summed E-state index contributed by atoms with van der Waals surface area (Å²) in [5.74, 6) is 0.196. The Morgan fingerprint density at radius 1 is 1.53 bits per heavy atom. The van der Waals surface area contributed by atoms with E-state index >= 15 is 0 Å². The van der Waals surface area contributed by atoms with E-state index in [0.717, 1.165) is 0 Å². The molecule has 0 aliphatic heterocycles. The van der Waals surface area contributed by atoms with E-state index in [1.807, 2.05) is 0 Å². The number of carbonyl (C=O) groups excluding carboxylic acids is 1. The Kier molecular flexibility index (Phi) is 2.20. The molecule has 2 rings (SSSR count). The van der Waals surface area contributed by atoms with Crippen molar-refractivity contribution >= 4 is 22.9 Å². The first-order chi connectivity index (χ1) is 7.22. The summed E-state index contributed by atoms with van der Waals surface area (Å²) in [4.78, 5) is 23.0. The van der Waals surface area contributed by atoms with Crippen molar-refractivity contribution in [3.8, 4) is 0 Å². The van der Waals surface area contributed by atoms with Crippen LogP contribution in [0.2, 0.25) is 0 Å². The van der Waals surface area contributed by atoms with E-state index in [1.165, 1.54) is 12.7 Å². The van der Waals surface area contributed by atoms with Crippen LogP contribution in [0.15, 0.2) is 12.7 Å². The van der Waals surface area contributed by atoms with E-state index in [4.69, 9.17) is 5.73 Å². The maximum atomic E-state index is 11.2. The largest absolute Gasteiger partial charge is 0.382 e. The zero-order valence-electron chi connectivity index (χ0n) is 8.14. The van der Waals surface area contributed by atoms with Gasteiger partial charge in [0.25, 0.3) is 0 Å². The van der Waals surface area contributed by atoms with Crippen molar-refractivity contribution < 1.29 is 4.79 Å². The van der Waals surface area contributed by atoms with Gasteiger partial charge in [-0.05, 0) is 0 Å². The molecule has 0 fully saturated rings. The number of fused-ring (bicyclic) bond motifs is 1. The van der Waals surface area contributed by atoms with Crippen LogP contribution in [0.5, 0.6) is 0 Å². The van der Waals surface area contributed by atoms with Gasteiger partial charge in [-0.25, -0.2) is 15.0 Å². The standard InChI is InChI=1S/C8H10N6O/c1-10-5(15)2-14-4-13-6-7(9)11-3-12-8(6)14/h3-4H,2H2,1H3,(H,10,15)(H2,9,11,12). The fraction of sp³-hybridized carbons (Fsp3) is 0.250. The quantitative estimate of drug-likeness (QED) is 0.667. The van der Waals surface area contributed by atoms with E-state index in [9.17, 15) is 4.79 Å². The molecule has 0 spiro atoms. The van der Waals surface area contributed by atoms with Gasteiger partial charge in [-0.1, -0.05) is 0 Å². The van der Waals surface area contributed by atoms with Crippen LogP contribution in [0.4, 0.5) is 5.82 Å². The van der Waals surface area contributed by atoms with Crippen molar-refractivity contribution in [3.63, 3.8) is 0 Å². The average molecular weight is 206 g/mol. The van der Waals surface area contributed by atoms with Crippen LogP contribution >= 0.6 is 0 Å². The van der Waals surface area contributed by atoms with Crippen molar-refractivity contribution in [2.45, 2.75) is 6.54 Å². The van der Waals surface area contributed by atoms with Crippen molar-refractivity contribution in [3.05, 3.63) is 12.7 Å². The number of aromatic nitrogens is 4. The number of nitrogen functional groups attached to an aromatic ring is 1. The summed E-state index contributed by atoms with van der Waals surface area (Å²) in [6.07, 6.45) is 2.87. The highest BCUT2D eigenvalue weighted by Crippen LogP contribution is 2.13. The van der Waals surface area contributed by atoms with Gasteiger partial charge in [-0.15, -0.1) is 0 Å². The van der Waals surface area contributed by atoms with Gasteiger partial charge in [0, 0.05) is 7.05 Å². The average Bonchev–Trinajstić information content (AvgIpc) is 2.63. The van der Waals surface area contributed by atoms with Crippen LogP contribution in [-0.4, -0.2) is 32.5 Å². The fourth-order valence-corrected chi connectivity index (χ4v) is 1.25. The van der Waals surface area contributed by atoms with Crippen LogP contribution < -0.4 is 11.1 Å². The highest BCUT2D eigenvalue weighted by atomic mass is 16.1. The third kappa shape index (κ3) is 1.58. The zero-order valence-corrected chi connectivity index (χ0v) is 8.14. The number of nitrogens with zero attached hydrogens (tertiary/aromatic N) is 4. The molecule has 7 heteroatoms. The summed E-state index contributed by atoms with van der Waals surface area (Å²) in [7, 11) is 1.57. The summed E-state index contributed by atoms with van der Waals surface area (Å²) >= 11 is 0. The molecule has 0 atom stereocenters. The number of carbonyl (C=O) groups is 1. The number of nitrogens with two attached hydrogens (primary N) is 1. The van der Waals surface area contributed by atoms with Gasteiger partial charge < -0.3 is 15.6 Å². The third-order valence-corrected chi connectivity index (χ3v) is 2.02. The summed E-state index contributed by atoms with van der Waals surface area (Å²) < 4.78 is 1.62. The highest BCUT2D eigenvalue weighted by molar-refractivity contribution is 5.83. The number of hydrogen-bond donors (Lipinski definition) is 2. The van der Waals surface area contributed by atoms with Gasteiger partial charge in [0.05, 0.1) is 6.33 Å². The smallest absolute Gasteiger partial charge is 0.239 e. The minimum Gasteiger partial charge on any atom is -0.382 e. The van der Waals surface area contributed by atoms with E-state index in [2.05, 4.69) is 20.3 Å². The molecule has 0 saturated heterocycles. The van der Waals surface area contributed by atoms with Gasteiger partial charge in [0.1, 0.15) is 18.4 Å². The van der Waals surface area contributed by atoms with Crippen LogP contribution in [0.3, 0.4) is 0 Å². The van der Waals surface area contributed by atoms with Crippen molar-refractivity contribution in [1.29, 1.82) is 0 Å². The molecule has 1 amide bonds. The van der Waals surface area contributed by atoms with Crippen LogP contribution in [0.25, 0.3) is 11.2 Å². The number of amides is 1. The molecule has 0 bridgehead atoms. The number of likely N-dealkylation sites (N-methyl/N-ethyl adjacent to an activating group) is 1. The molecule has 2 heterocycles. The summed E-state index contributed by atoms with van der Waals surface area (Å²) in [6.45, 7) is 0.170. The number of hydrogen-bond acceptors (Lipinski definition) is 5. The maximum absolute atomic E-state index is 11.2. The maximum Gasteiger partial charge on any atom is 0.239 e. The topological polar surface area (TPSA) is 98.7 Å². The first-order valence-corrected chi connectivity index (χ1v) is 4.34. The van der Waals surface area contributed by atoms with Crippen LogP contribution in [0.1, 0.15) is 0 Å². The molecule has 0 saturated carbocycles. The molecule has 2 aromatic heterocycles. The Hall–Kier alpha value is -2.18. The summed E-state index contributed by atoms with van der Waals surface area (Å²) in [5, 5.41) is 2.52. The lowest BCUT2D eigenvalue weighted by Crippen LogP contribution is -2.23. The first-order valence-electron chi connectivity index (χ1n) is 4.34. The normalized spacial score (nSPS) is 10.5. The van der Waals surface area contributed by atoms with Crippen LogP contribution in [-0.2, 0) is 11.3 Å². The zero-order chi connectivity index (χ0) is 10.8. The second kappa shape index (κ2) is 3.52. The Balaban J connectivity index is 2.45. The molecule has 78 valence electrons. The van der Waals surface area contributed by atoms with Crippen molar-refractivity contribution in [1.82, 2.24) is 24.8 Å². The second-order valence-corrected chi connectivity index (χ2v) is 2.98. The molecule has 3 N–H and O–H groups in total.